The first kappa shape index (κ1) is 11.0. The first-order chi connectivity index (χ1) is 6.33. The van der Waals surface area contributed by atoms with Crippen molar-refractivity contribution in [2.75, 3.05) is 11.5 Å². The van der Waals surface area contributed by atoms with Crippen LogP contribution < -0.4 is 5.73 Å². The molecule has 80 valence electrons. The van der Waals surface area contributed by atoms with Crippen LogP contribution in [0.1, 0.15) is 19.5 Å². The van der Waals surface area contributed by atoms with Crippen molar-refractivity contribution in [1.29, 1.82) is 0 Å². The van der Waals surface area contributed by atoms with Crippen LogP contribution in [0, 0.1) is 12.8 Å². The predicted octanol–water partition coefficient (Wildman–Crippen LogP) is 0.608. The lowest BCUT2D eigenvalue weighted by Gasteiger charge is -2.07. The Hall–Kier alpha value is -1.04. The number of aryl methyl sites for hydroxylation is 1. The molecule has 0 bridgehead atoms. The lowest BCUT2D eigenvalue weighted by Crippen LogP contribution is -2.22. The maximum absolute atomic E-state index is 11.7. The molecule has 0 spiro atoms. The average molecular weight is 217 g/mol. The zero-order chi connectivity index (χ0) is 10.9. The number of aromatic nitrogens is 2. The molecule has 2 N–H and O–H groups in total. The van der Waals surface area contributed by atoms with E-state index < -0.39 is 10.0 Å². The topological polar surface area (TPSA) is 78.0 Å². The summed E-state index contributed by atoms with van der Waals surface area (Å²) >= 11 is 0. The quantitative estimate of drug-likeness (QED) is 0.804. The molecule has 0 aliphatic rings. The third-order valence-corrected chi connectivity index (χ3v) is 3.66. The minimum Gasteiger partial charge on any atom is -0.382 e. The van der Waals surface area contributed by atoms with E-state index in [0.717, 1.165) is 4.09 Å². The summed E-state index contributed by atoms with van der Waals surface area (Å²) in [6.45, 7) is 5.36. The van der Waals surface area contributed by atoms with Gasteiger partial charge >= 0.3 is 0 Å². The summed E-state index contributed by atoms with van der Waals surface area (Å²) in [5.74, 6) is 0.384. The number of nitrogen functional groups attached to an aromatic ring is 1. The highest BCUT2D eigenvalue weighted by atomic mass is 32.2. The van der Waals surface area contributed by atoms with Crippen LogP contribution in [-0.2, 0) is 10.0 Å². The Morgan fingerprint density at radius 2 is 2.14 bits per heavy atom. The van der Waals surface area contributed by atoms with Gasteiger partial charge in [-0.15, -0.1) is 5.10 Å². The molecule has 0 radical (unpaired) electrons. The van der Waals surface area contributed by atoms with E-state index in [2.05, 4.69) is 5.10 Å². The predicted molar refractivity (Wildman–Crippen MR) is 55.4 cm³/mol. The summed E-state index contributed by atoms with van der Waals surface area (Å²) in [6, 6.07) is 1.54. The van der Waals surface area contributed by atoms with E-state index in [9.17, 15) is 8.42 Å². The Bertz CT molecular complexity index is 420. The first-order valence-corrected chi connectivity index (χ1v) is 5.99. The first-order valence-electron chi connectivity index (χ1n) is 4.38. The van der Waals surface area contributed by atoms with E-state index in [1.54, 1.807) is 6.92 Å². The molecule has 0 atom stereocenters. The fourth-order valence-corrected chi connectivity index (χ4v) is 2.95. The molecule has 0 unspecified atom stereocenters. The molecule has 0 amide bonds. The van der Waals surface area contributed by atoms with Crippen LogP contribution in [0.4, 0.5) is 5.82 Å². The second-order valence-corrected chi connectivity index (χ2v) is 5.57. The van der Waals surface area contributed by atoms with Crippen LogP contribution in [-0.4, -0.2) is 23.4 Å². The maximum atomic E-state index is 11.7. The Morgan fingerprint density at radius 1 is 1.57 bits per heavy atom. The highest BCUT2D eigenvalue weighted by molar-refractivity contribution is 7.89. The summed E-state index contributed by atoms with van der Waals surface area (Å²) in [7, 11) is -3.34. The van der Waals surface area contributed by atoms with Gasteiger partial charge in [-0.3, -0.25) is 0 Å². The summed E-state index contributed by atoms with van der Waals surface area (Å²) in [4.78, 5) is 0. The summed E-state index contributed by atoms with van der Waals surface area (Å²) in [5.41, 5.74) is 5.96. The molecule has 0 fully saturated rings. The van der Waals surface area contributed by atoms with Crippen LogP contribution >= 0.6 is 0 Å². The lowest BCUT2D eigenvalue weighted by atomic mass is 10.3. The average Bonchev–Trinajstić information content (AvgIpc) is 2.27. The largest absolute Gasteiger partial charge is 0.382 e. The number of nitrogens with zero attached hydrogens (tertiary/aromatic N) is 2. The van der Waals surface area contributed by atoms with Gasteiger partial charge in [-0.25, -0.2) is 8.42 Å². The van der Waals surface area contributed by atoms with Gasteiger partial charge in [-0.05, 0) is 12.8 Å². The fourth-order valence-electron chi connectivity index (χ4n) is 1.26. The third-order valence-electron chi connectivity index (χ3n) is 1.67. The van der Waals surface area contributed by atoms with Crippen LogP contribution in [0.25, 0.3) is 0 Å². The van der Waals surface area contributed by atoms with Crippen molar-refractivity contribution in [2.45, 2.75) is 20.8 Å². The van der Waals surface area contributed by atoms with Crippen molar-refractivity contribution in [3.8, 4) is 0 Å². The molecule has 5 nitrogen and oxygen atoms in total. The monoisotopic (exact) mass is 217 g/mol. The second kappa shape index (κ2) is 3.61. The molecule has 0 aromatic carbocycles. The Morgan fingerprint density at radius 3 is 2.50 bits per heavy atom. The molecule has 0 aliphatic heterocycles. The zero-order valence-electron chi connectivity index (χ0n) is 8.56. The van der Waals surface area contributed by atoms with Gasteiger partial charge in [0.1, 0.15) is 5.82 Å². The molecule has 0 saturated heterocycles. The molecule has 1 aromatic heterocycles. The Kier molecular flexibility index (Phi) is 2.84. The second-order valence-electron chi connectivity index (χ2n) is 3.73. The normalized spacial score (nSPS) is 12.3. The van der Waals surface area contributed by atoms with Gasteiger partial charge in [0.25, 0.3) is 10.0 Å². The molecule has 0 saturated carbocycles. The minimum absolute atomic E-state index is 0.0739. The van der Waals surface area contributed by atoms with Gasteiger partial charge in [-0.2, -0.15) is 4.09 Å². The molecule has 1 rings (SSSR count). The van der Waals surface area contributed by atoms with Crippen molar-refractivity contribution in [1.82, 2.24) is 9.19 Å². The minimum atomic E-state index is -3.34. The molecular weight excluding hydrogens is 202 g/mol. The Labute approximate surface area is 84.0 Å². The van der Waals surface area contributed by atoms with E-state index in [4.69, 9.17) is 5.73 Å². The van der Waals surface area contributed by atoms with Gasteiger partial charge in [0, 0.05) is 6.07 Å². The van der Waals surface area contributed by atoms with Crippen LogP contribution in [0.3, 0.4) is 0 Å². The summed E-state index contributed by atoms with van der Waals surface area (Å²) in [5, 5.41) is 3.74. The van der Waals surface area contributed by atoms with Crippen molar-refractivity contribution in [3.05, 3.63) is 11.8 Å². The zero-order valence-corrected chi connectivity index (χ0v) is 9.37. The maximum Gasteiger partial charge on any atom is 0.254 e. The summed E-state index contributed by atoms with van der Waals surface area (Å²) in [6.07, 6.45) is 0. The van der Waals surface area contributed by atoms with E-state index in [-0.39, 0.29) is 17.5 Å². The molecule has 0 aliphatic carbocycles. The standard InChI is InChI=1S/C8H15N3O2S/c1-6(2)5-14(12,13)11-7(3)4-8(9)10-11/h4,6H,5H2,1-3H3,(H2,9,10). The van der Waals surface area contributed by atoms with Gasteiger partial charge in [0.05, 0.1) is 11.4 Å². The van der Waals surface area contributed by atoms with E-state index in [1.165, 1.54) is 6.07 Å². The van der Waals surface area contributed by atoms with Gasteiger partial charge in [0.15, 0.2) is 0 Å². The SMILES string of the molecule is Cc1cc(N)nn1S(=O)(=O)CC(C)C. The third kappa shape index (κ3) is 2.25. The van der Waals surface area contributed by atoms with Crippen molar-refractivity contribution >= 4 is 15.8 Å². The number of rotatable bonds is 3. The van der Waals surface area contributed by atoms with Gasteiger partial charge in [-0.1, -0.05) is 13.8 Å². The number of nitrogens with two attached hydrogens (primary N) is 1. The highest BCUT2D eigenvalue weighted by Gasteiger charge is 2.18. The molecule has 1 heterocycles. The Balaban J connectivity index is 3.10. The summed E-state index contributed by atoms with van der Waals surface area (Å²) < 4.78 is 24.4. The van der Waals surface area contributed by atoms with Crippen molar-refractivity contribution in [2.24, 2.45) is 5.92 Å². The lowest BCUT2D eigenvalue weighted by molar-refractivity contribution is 0.565. The van der Waals surface area contributed by atoms with Crippen LogP contribution in [0.15, 0.2) is 6.07 Å². The molecule has 1 aromatic rings. The highest BCUT2D eigenvalue weighted by Crippen LogP contribution is 2.10. The molecule has 14 heavy (non-hydrogen) atoms. The molecule has 6 heteroatoms. The van der Waals surface area contributed by atoms with E-state index in [1.807, 2.05) is 13.8 Å². The van der Waals surface area contributed by atoms with Crippen molar-refractivity contribution in [3.63, 3.8) is 0 Å². The molecular formula is C8H15N3O2S. The van der Waals surface area contributed by atoms with Crippen molar-refractivity contribution < 1.29 is 8.42 Å². The van der Waals surface area contributed by atoms with Gasteiger partial charge in [0.2, 0.25) is 0 Å². The number of hydrogen-bond donors (Lipinski definition) is 1. The van der Waals surface area contributed by atoms with Crippen LogP contribution in [0.2, 0.25) is 0 Å². The number of anilines is 1. The smallest absolute Gasteiger partial charge is 0.254 e. The van der Waals surface area contributed by atoms with E-state index in [0.29, 0.717) is 5.69 Å². The van der Waals surface area contributed by atoms with E-state index >= 15 is 0 Å². The fraction of sp³-hybridized carbons (Fsp3) is 0.625. The number of hydrogen-bond acceptors (Lipinski definition) is 4. The van der Waals surface area contributed by atoms with Crippen LogP contribution in [0.5, 0.6) is 0 Å². The van der Waals surface area contributed by atoms with Gasteiger partial charge < -0.3 is 5.73 Å².